The first-order valence-corrected chi connectivity index (χ1v) is 10.1. The van der Waals surface area contributed by atoms with Gasteiger partial charge < -0.3 is 5.32 Å². The number of nitrogens with one attached hydrogen (secondary N) is 1. The minimum Gasteiger partial charge on any atom is -0.312 e. The van der Waals surface area contributed by atoms with Crippen LogP contribution in [0.15, 0.2) is 0 Å². The Kier molecular flexibility index (Phi) is 6.53. The summed E-state index contributed by atoms with van der Waals surface area (Å²) in [5.74, 6) is 4.52. The molecule has 1 aromatic rings. The molecule has 1 aliphatic rings. The Morgan fingerprint density at radius 1 is 1.37 bits per heavy atom. The van der Waals surface area contributed by atoms with Crippen LogP contribution in [0.4, 0.5) is 0 Å². The fraction of sp³-hybridized carbons (Fsp3) is 0.786. The monoisotopic (exact) mass is 316 g/mol. The SMILES string of the molecule is CCc1nc(C2CSCCS2)sc1CNCC(C)C. The van der Waals surface area contributed by atoms with Crippen LogP contribution in [0.25, 0.3) is 0 Å². The minimum atomic E-state index is 0.632. The lowest BCUT2D eigenvalue weighted by molar-refractivity contribution is 0.553. The van der Waals surface area contributed by atoms with Crippen molar-refractivity contribution in [1.29, 1.82) is 0 Å². The van der Waals surface area contributed by atoms with Crippen LogP contribution in [0.5, 0.6) is 0 Å². The summed E-state index contributed by atoms with van der Waals surface area (Å²) in [7, 11) is 0. The molecule has 2 nitrogen and oxygen atoms in total. The quantitative estimate of drug-likeness (QED) is 0.858. The molecule has 1 fully saturated rings. The maximum atomic E-state index is 4.89. The molecular formula is C14H24N2S3. The van der Waals surface area contributed by atoms with Gasteiger partial charge in [0.25, 0.3) is 0 Å². The van der Waals surface area contributed by atoms with Crippen molar-refractivity contribution < 1.29 is 0 Å². The third-order valence-electron chi connectivity index (χ3n) is 3.06. The van der Waals surface area contributed by atoms with Gasteiger partial charge in [0, 0.05) is 28.7 Å². The van der Waals surface area contributed by atoms with Crippen LogP contribution in [-0.2, 0) is 13.0 Å². The summed E-state index contributed by atoms with van der Waals surface area (Å²) in [5, 5.41) is 5.54. The predicted molar refractivity (Wildman–Crippen MR) is 90.6 cm³/mol. The lowest BCUT2D eigenvalue weighted by Crippen LogP contribution is -2.18. The fourth-order valence-electron chi connectivity index (χ4n) is 2.06. The Labute approximate surface area is 129 Å². The van der Waals surface area contributed by atoms with E-state index in [2.05, 4.69) is 49.6 Å². The van der Waals surface area contributed by atoms with E-state index in [1.807, 2.05) is 11.3 Å². The van der Waals surface area contributed by atoms with Gasteiger partial charge in [-0.2, -0.15) is 11.8 Å². The van der Waals surface area contributed by atoms with E-state index in [0.29, 0.717) is 11.2 Å². The molecule has 5 heteroatoms. The number of aromatic nitrogens is 1. The minimum absolute atomic E-state index is 0.632. The summed E-state index contributed by atoms with van der Waals surface area (Å²) in [6.07, 6.45) is 1.06. The zero-order valence-corrected chi connectivity index (χ0v) is 14.5. The lowest BCUT2D eigenvalue weighted by Gasteiger charge is -2.18. The van der Waals surface area contributed by atoms with Crippen LogP contribution in [0.2, 0.25) is 0 Å². The summed E-state index contributed by atoms with van der Waals surface area (Å²) < 4.78 is 0. The second kappa shape index (κ2) is 7.91. The molecule has 0 aromatic carbocycles. The number of nitrogens with zero attached hydrogens (tertiary/aromatic N) is 1. The third-order valence-corrected chi connectivity index (χ3v) is 7.18. The summed E-state index contributed by atoms with van der Waals surface area (Å²) in [5.41, 5.74) is 1.31. The second-order valence-corrected chi connectivity index (χ2v) is 8.81. The molecule has 1 N–H and O–H groups in total. The highest BCUT2D eigenvalue weighted by atomic mass is 32.2. The number of rotatable bonds is 6. The van der Waals surface area contributed by atoms with Crippen molar-refractivity contribution in [3.8, 4) is 0 Å². The standard InChI is InChI=1S/C14H24N2S3/c1-4-11-12(8-15-7-10(2)3)19-14(16-11)13-9-17-5-6-18-13/h10,13,15H,4-9H2,1-3H3. The van der Waals surface area contributed by atoms with Gasteiger partial charge in [0.2, 0.25) is 0 Å². The Morgan fingerprint density at radius 3 is 2.84 bits per heavy atom. The first kappa shape index (κ1) is 15.7. The van der Waals surface area contributed by atoms with E-state index in [-0.39, 0.29) is 0 Å². The van der Waals surface area contributed by atoms with E-state index >= 15 is 0 Å². The highest BCUT2D eigenvalue weighted by molar-refractivity contribution is 8.06. The largest absolute Gasteiger partial charge is 0.312 e. The molecule has 108 valence electrons. The van der Waals surface area contributed by atoms with E-state index in [1.165, 1.54) is 32.8 Å². The average Bonchev–Trinajstić information content (AvgIpc) is 2.83. The Morgan fingerprint density at radius 2 is 2.21 bits per heavy atom. The second-order valence-electron chi connectivity index (χ2n) is 5.23. The summed E-state index contributed by atoms with van der Waals surface area (Å²) in [6.45, 7) is 8.80. The third kappa shape index (κ3) is 4.66. The molecule has 2 heterocycles. The zero-order chi connectivity index (χ0) is 13.7. The summed E-state index contributed by atoms with van der Waals surface area (Å²) in [6, 6.07) is 0. The Balaban J connectivity index is 1.99. The molecule has 1 atom stereocenters. The van der Waals surface area contributed by atoms with Gasteiger partial charge in [-0.15, -0.1) is 23.1 Å². The van der Waals surface area contributed by atoms with E-state index in [4.69, 9.17) is 4.98 Å². The van der Waals surface area contributed by atoms with Crippen LogP contribution in [0, 0.1) is 5.92 Å². The molecule has 1 saturated heterocycles. The molecule has 0 amide bonds. The lowest BCUT2D eigenvalue weighted by atomic mass is 10.2. The highest BCUT2D eigenvalue weighted by Crippen LogP contribution is 2.39. The van der Waals surface area contributed by atoms with Gasteiger partial charge in [0.05, 0.1) is 10.9 Å². The molecule has 1 aliphatic heterocycles. The number of hydrogen-bond donors (Lipinski definition) is 1. The zero-order valence-electron chi connectivity index (χ0n) is 12.1. The number of aryl methyl sites for hydroxylation is 1. The van der Waals surface area contributed by atoms with Crippen molar-refractivity contribution in [2.45, 2.75) is 39.0 Å². The number of hydrogen-bond acceptors (Lipinski definition) is 5. The van der Waals surface area contributed by atoms with E-state index in [0.717, 1.165) is 19.5 Å². The van der Waals surface area contributed by atoms with Crippen molar-refractivity contribution in [3.63, 3.8) is 0 Å². The van der Waals surface area contributed by atoms with Gasteiger partial charge in [-0.1, -0.05) is 20.8 Å². The van der Waals surface area contributed by atoms with Gasteiger partial charge in [-0.3, -0.25) is 0 Å². The maximum absolute atomic E-state index is 4.89. The van der Waals surface area contributed by atoms with Crippen molar-refractivity contribution in [1.82, 2.24) is 10.3 Å². The van der Waals surface area contributed by atoms with E-state index < -0.39 is 0 Å². The van der Waals surface area contributed by atoms with Gasteiger partial charge in [-0.05, 0) is 18.9 Å². The van der Waals surface area contributed by atoms with E-state index in [9.17, 15) is 0 Å². The van der Waals surface area contributed by atoms with Crippen LogP contribution >= 0.6 is 34.9 Å². The maximum Gasteiger partial charge on any atom is 0.107 e. The van der Waals surface area contributed by atoms with Crippen LogP contribution in [-0.4, -0.2) is 28.8 Å². The molecule has 0 saturated carbocycles. The van der Waals surface area contributed by atoms with Gasteiger partial charge >= 0.3 is 0 Å². The molecule has 1 unspecified atom stereocenters. The number of thiazole rings is 1. The van der Waals surface area contributed by atoms with Crippen molar-refractivity contribution in [2.75, 3.05) is 23.8 Å². The first-order chi connectivity index (χ1) is 9.20. The first-order valence-electron chi connectivity index (χ1n) is 7.09. The van der Waals surface area contributed by atoms with E-state index in [1.54, 1.807) is 0 Å². The molecule has 0 aliphatic carbocycles. The predicted octanol–water partition coefficient (Wildman–Crippen LogP) is 3.97. The fourth-order valence-corrected chi connectivity index (χ4v) is 6.17. The molecular weight excluding hydrogens is 292 g/mol. The number of thioether (sulfide) groups is 2. The van der Waals surface area contributed by atoms with Crippen LogP contribution in [0.3, 0.4) is 0 Å². The van der Waals surface area contributed by atoms with Crippen LogP contribution < -0.4 is 5.32 Å². The molecule has 0 spiro atoms. The molecule has 1 aromatic heterocycles. The molecule has 19 heavy (non-hydrogen) atoms. The van der Waals surface area contributed by atoms with Gasteiger partial charge in [0.15, 0.2) is 0 Å². The van der Waals surface area contributed by atoms with Crippen molar-refractivity contribution in [2.24, 2.45) is 5.92 Å². The normalized spacial score (nSPS) is 20.1. The molecule has 0 radical (unpaired) electrons. The average molecular weight is 317 g/mol. The topological polar surface area (TPSA) is 24.9 Å². The molecule has 0 bridgehead atoms. The Hall–Kier alpha value is 0.290. The van der Waals surface area contributed by atoms with Gasteiger partial charge in [0.1, 0.15) is 5.01 Å². The smallest absolute Gasteiger partial charge is 0.107 e. The van der Waals surface area contributed by atoms with Crippen molar-refractivity contribution in [3.05, 3.63) is 15.6 Å². The highest BCUT2D eigenvalue weighted by Gasteiger charge is 2.21. The van der Waals surface area contributed by atoms with Gasteiger partial charge in [-0.25, -0.2) is 4.98 Å². The summed E-state index contributed by atoms with van der Waals surface area (Å²) >= 11 is 6.09. The molecule has 2 rings (SSSR count). The Bertz CT molecular complexity index is 384. The summed E-state index contributed by atoms with van der Waals surface area (Å²) in [4.78, 5) is 6.35. The van der Waals surface area contributed by atoms with Crippen LogP contribution in [0.1, 0.15) is 41.6 Å². The van der Waals surface area contributed by atoms with Crippen molar-refractivity contribution >= 4 is 34.9 Å².